The Morgan fingerprint density at radius 1 is 1.28 bits per heavy atom. The molecule has 1 unspecified atom stereocenters. The maximum absolute atomic E-state index is 5.47. The van der Waals surface area contributed by atoms with Crippen molar-refractivity contribution in [2.45, 2.75) is 31.9 Å². The first-order chi connectivity index (χ1) is 8.88. The van der Waals surface area contributed by atoms with E-state index >= 15 is 0 Å². The van der Waals surface area contributed by atoms with Crippen molar-refractivity contribution in [2.75, 3.05) is 20.4 Å². The number of ether oxygens (including phenoxy) is 3. The lowest BCUT2D eigenvalue weighted by atomic mass is 9.93. The van der Waals surface area contributed by atoms with E-state index in [4.69, 9.17) is 14.2 Å². The molecule has 4 heteroatoms. The highest BCUT2D eigenvalue weighted by molar-refractivity contribution is 5.49. The van der Waals surface area contributed by atoms with Crippen molar-refractivity contribution in [1.82, 2.24) is 5.32 Å². The molecule has 1 atom stereocenters. The maximum atomic E-state index is 5.47. The molecule has 2 aliphatic rings. The van der Waals surface area contributed by atoms with Crippen LogP contribution in [0, 0.1) is 0 Å². The topological polar surface area (TPSA) is 39.7 Å². The van der Waals surface area contributed by atoms with E-state index < -0.39 is 0 Å². The molecular weight excluding hydrogens is 230 g/mol. The molecule has 0 spiro atoms. The summed E-state index contributed by atoms with van der Waals surface area (Å²) in [4.78, 5) is 0. The number of nitrogens with one attached hydrogen (secondary N) is 1. The fourth-order valence-corrected chi connectivity index (χ4v) is 2.72. The molecule has 0 radical (unpaired) electrons. The van der Waals surface area contributed by atoms with Crippen molar-refractivity contribution >= 4 is 0 Å². The molecule has 2 heterocycles. The van der Waals surface area contributed by atoms with Crippen molar-refractivity contribution in [3.63, 3.8) is 0 Å². The third-order valence-electron chi connectivity index (χ3n) is 3.62. The minimum atomic E-state index is 0.323. The number of piperidine rings is 1. The van der Waals surface area contributed by atoms with E-state index in [-0.39, 0.29) is 0 Å². The standard InChI is InChI=1S/C14H19NO3/c1-16-8-10-6-13-14(18-9-17-13)7-11(10)12-4-2-3-5-15-12/h6-7,12,15H,2-5,8-9H2,1H3. The van der Waals surface area contributed by atoms with Crippen molar-refractivity contribution in [1.29, 1.82) is 0 Å². The average Bonchev–Trinajstić information content (AvgIpc) is 2.86. The zero-order valence-corrected chi connectivity index (χ0v) is 10.7. The van der Waals surface area contributed by atoms with Gasteiger partial charge in [0.1, 0.15) is 0 Å². The van der Waals surface area contributed by atoms with E-state index in [1.807, 2.05) is 0 Å². The summed E-state index contributed by atoms with van der Waals surface area (Å²) >= 11 is 0. The van der Waals surface area contributed by atoms with E-state index in [0.717, 1.165) is 18.0 Å². The molecule has 1 aromatic rings. The first-order valence-electron chi connectivity index (χ1n) is 6.53. The summed E-state index contributed by atoms with van der Waals surface area (Å²) in [5.74, 6) is 1.69. The quantitative estimate of drug-likeness (QED) is 0.892. The molecular formula is C14H19NO3. The average molecular weight is 249 g/mol. The molecule has 0 aromatic heterocycles. The Morgan fingerprint density at radius 2 is 2.11 bits per heavy atom. The summed E-state index contributed by atoms with van der Waals surface area (Å²) < 4.78 is 16.2. The van der Waals surface area contributed by atoms with Crippen molar-refractivity contribution in [2.24, 2.45) is 0 Å². The molecule has 1 fully saturated rings. The van der Waals surface area contributed by atoms with Gasteiger partial charge in [-0.3, -0.25) is 0 Å². The normalized spacial score (nSPS) is 22.2. The Labute approximate surface area is 107 Å². The summed E-state index contributed by atoms with van der Waals surface area (Å²) in [6.07, 6.45) is 3.72. The highest BCUT2D eigenvalue weighted by atomic mass is 16.7. The second-order valence-corrected chi connectivity index (χ2v) is 4.84. The highest BCUT2D eigenvalue weighted by Gasteiger charge is 2.23. The Hall–Kier alpha value is -1.26. The number of methoxy groups -OCH3 is 1. The van der Waals surface area contributed by atoms with Gasteiger partial charge < -0.3 is 19.5 Å². The Morgan fingerprint density at radius 3 is 2.83 bits per heavy atom. The van der Waals surface area contributed by atoms with Gasteiger partial charge in [-0.1, -0.05) is 6.42 Å². The van der Waals surface area contributed by atoms with Gasteiger partial charge in [0.2, 0.25) is 6.79 Å². The highest BCUT2D eigenvalue weighted by Crippen LogP contribution is 2.38. The summed E-state index contributed by atoms with van der Waals surface area (Å²) in [5.41, 5.74) is 2.49. The smallest absolute Gasteiger partial charge is 0.231 e. The predicted molar refractivity (Wildman–Crippen MR) is 67.9 cm³/mol. The van der Waals surface area contributed by atoms with Gasteiger partial charge in [-0.15, -0.1) is 0 Å². The second-order valence-electron chi connectivity index (χ2n) is 4.84. The zero-order chi connectivity index (χ0) is 12.4. The fraction of sp³-hybridized carbons (Fsp3) is 0.571. The first kappa shape index (κ1) is 11.8. The molecule has 1 aromatic carbocycles. The van der Waals surface area contributed by atoms with Gasteiger partial charge in [0, 0.05) is 13.2 Å². The SMILES string of the molecule is COCc1cc2c(cc1C1CCCCN1)OCO2. The van der Waals surface area contributed by atoms with Gasteiger partial charge in [-0.2, -0.15) is 0 Å². The number of fused-ring (bicyclic) bond motifs is 1. The van der Waals surface area contributed by atoms with Gasteiger partial charge in [0.25, 0.3) is 0 Å². The zero-order valence-electron chi connectivity index (χ0n) is 10.7. The molecule has 98 valence electrons. The summed E-state index contributed by atoms with van der Waals surface area (Å²) in [5, 5.41) is 3.57. The fourth-order valence-electron chi connectivity index (χ4n) is 2.72. The summed E-state index contributed by atoms with van der Waals surface area (Å²) in [6, 6.07) is 4.58. The van der Waals surface area contributed by atoms with Crippen LogP contribution in [-0.4, -0.2) is 20.4 Å². The van der Waals surface area contributed by atoms with Crippen LogP contribution in [0.25, 0.3) is 0 Å². The van der Waals surface area contributed by atoms with Crippen LogP contribution >= 0.6 is 0 Å². The molecule has 1 N–H and O–H groups in total. The predicted octanol–water partition coefficient (Wildman–Crippen LogP) is 2.38. The third-order valence-corrected chi connectivity index (χ3v) is 3.62. The third kappa shape index (κ3) is 2.18. The van der Waals surface area contributed by atoms with Crippen molar-refractivity contribution in [3.8, 4) is 11.5 Å². The second kappa shape index (κ2) is 5.16. The number of hydrogen-bond acceptors (Lipinski definition) is 4. The lowest BCUT2D eigenvalue weighted by Crippen LogP contribution is -2.27. The van der Waals surface area contributed by atoms with E-state index in [9.17, 15) is 0 Å². The molecule has 4 nitrogen and oxygen atoms in total. The van der Waals surface area contributed by atoms with Crippen LogP contribution in [-0.2, 0) is 11.3 Å². The summed E-state index contributed by atoms with van der Waals surface area (Å²) in [6.45, 7) is 2.03. The Bertz CT molecular complexity index is 427. The van der Waals surface area contributed by atoms with Gasteiger partial charge in [0.15, 0.2) is 11.5 Å². The molecule has 0 saturated carbocycles. The van der Waals surface area contributed by atoms with Crippen LogP contribution in [0.3, 0.4) is 0 Å². The molecule has 0 bridgehead atoms. The molecule has 3 rings (SSSR count). The molecule has 0 amide bonds. The maximum Gasteiger partial charge on any atom is 0.231 e. The number of rotatable bonds is 3. The van der Waals surface area contributed by atoms with Gasteiger partial charge in [-0.05, 0) is 42.6 Å². The minimum absolute atomic E-state index is 0.323. The van der Waals surface area contributed by atoms with Crippen molar-refractivity contribution in [3.05, 3.63) is 23.3 Å². The van der Waals surface area contributed by atoms with E-state index in [1.165, 1.54) is 30.4 Å². The number of benzene rings is 1. The van der Waals surface area contributed by atoms with Gasteiger partial charge in [0.05, 0.1) is 6.61 Å². The molecule has 2 aliphatic heterocycles. The van der Waals surface area contributed by atoms with Gasteiger partial charge in [-0.25, -0.2) is 0 Å². The Balaban J connectivity index is 1.94. The minimum Gasteiger partial charge on any atom is -0.454 e. The van der Waals surface area contributed by atoms with Crippen LogP contribution in [0.1, 0.15) is 36.4 Å². The van der Waals surface area contributed by atoms with Gasteiger partial charge >= 0.3 is 0 Å². The van der Waals surface area contributed by atoms with E-state index in [2.05, 4.69) is 17.4 Å². The molecule has 1 saturated heterocycles. The van der Waals surface area contributed by atoms with Crippen LogP contribution in [0.2, 0.25) is 0 Å². The van der Waals surface area contributed by atoms with E-state index in [1.54, 1.807) is 7.11 Å². The Kier molecular flexibility index (Phi) is 3.39. The first-order valence-corrected chi connectivity index (χ1v) is 6.53. The molecule has 0 aliphatic carbocycles. The molecule has 18 heavy (non-hydrogen) atoms. The lowest BCUT2D eigenvalue weighted by Gasteiger charge is -2.26. The number of hydrogen-bond donors (Lipinski definition) is 1. The van der Waals surface area contributed by atoms with Crippen LogP contribution in [0.15, 0.2) is 12.1 Å². The lowest BCUT2D eigenvalue weighted by molar-refractivity contribution is 0.173. The summed E-state index contributed by atoms with van der Waals surface area (Å²) in [7, 11) is 1.72. The largest absolute Gasteiger partial charge is 0.454 e. The monoisotopic (exact) mass is 249 g/mol. The van der Waals surface area contributed by atoms with Crippen LogP contribution < -0.4 is 14.8 Å². The van der Waals surface area contributed by atoms with Crippen LogP contribution in [0.4, 0.5) is 0 Å². The van der Waals surface area contributed by atoms with Crippen LogP contribution in [0.5, 0.6) is 11.5 Å². The van der Waals surface area contributed by atoms with Crippen molar-refractivity contribution < 1.29 is 14.2 Å². The van der Waals surface area contributed by atoms with E-state index in [0.29, 0.717) is 19.4 Å².